The third-order valence-electron chi connectivity index (χ3n) is 3.15. The fourth-order valence-corrected chi connectivity index (χ4v) is 2.08. The van der Waals surface area contributed by atoms with Gasteiger partial charge in [0.1, 0.15) is 0 Å². The SMILES string of the molecule is Cn1ccc(=O)n(CCNCC2CCCO2)c1=O. The quantitative estimate of drug-likeness (QED) is 0.706. The van der Waals surface area contributed by atoms with Gasteiger partial charge in [-0.1, -0.05) is 0 Å². The van der Waals surface area contributed by atoms with Crippen LogP contribution in [0.4, 0.5) is 0 Å². The summed E-state index contributed by atoms with van der Waals surface area (Å²) in [4.78, 5) is 23.3. The van der Waals surface area contributed by atoms with E-state index in [0.717, 1.165) is 26.0 Å². The molecule has 2 rings (SSSR count). The van der Waals surface area contributed by atoms with Gasteiger partial charge in [0.15, 0.2) is 0 Å². The Kier molecular flexibility index (Phi) is 4.33. The topological polar surface area (TPSA) is 65.3 Å². The van der Waals surface area contributed by atoms with E-state index in [1.807, 2.05) is 0 Å². The van der Waals surface area contributed by atoms with E-state index in [2.05, 4.69) is 5.32 Å². The molecule has 1 aromatic heterocycles. The number of nitrogens with zero attached hydrogens (tertiary/aromatic N) is 2. The third kappa shape index (κ3) is 3.08. The van der Waals surface area contributed by atoms with Crippen molar-refractivity contribution >= 4 is 0 Å². The number of hydrogen-bond donors (Lipinski definition) is 1. The second-order valence-electron chi connectivity index (χ2n) is 4.54. The molecule has 1 saturated heterocycles. The van der Waals surface area contributed by atoms with Crippen molar-refractivity contribution in [3.05, 3.63) is 33.1 Å². The molecular weight excluding hydrogens is 234 g/mol. The number of nitrogens with one attached hydrogen (secondary N) is 1. The van der Waals surface area contributed by atoms with Crippen molar-refractivity contribution in [3.8, 4) is 0 Å². The summed E-state index contributed by atoms with van der Waals surface area (Å²) in [5, 5.41) is 3.22. The summed E-state index contributed by atoms with van der Waals surface area (Å²) in [5.41, 5.74) is -0.529. The molecule has 1 aromatic rings. The van der Waals surface area contributed by atoms with Crippen LogP contribution in [-0.2, 0) is 18.3 Å². The first-order chi connectivity index (χ1) is 8.68. The van der Waals surface area contributed by atoms with Crippen molar-refractivity contribution in [2.75, 3.05) is 19.7 Å². The Morgan fingerprint density at radius 3 is 3.06 bits per heavy atom. The van der Waals surface area contributed by atoms with Crippen LogP contribution in [0, 0.1) is 0 Å². The summed E-state index contributed by atoms with van der Waals surface area (Å²) < 4.78 is 8.12. The van der Waals surface area contributed by atoms with E-state index in [4.69, 9.17) is 4.74 Å². The average molecular weight is 253 g/mol. The van der Waals surface area contributed by atoms with Crippen LogP contribution in [0.1, 0.15) is 12.8 Å². The van der Waals surface area contributed by atoms with Crippen molar-refractivity contribution in [2.45, 2.75) is 25.5 Å². The lowest BCUT2D eigenvalue weighted by molar-refractivity contribution is 0.110. The lowest BCUT2D eigenvalue weighted by atomic mass is 10.2. The van der Waals surface area contributed by atoms with Gasteiger partial charge in [0, 0.05) is 45.6 Å². The minimum Gasteiger partial charge on any atom is -0.377 e. The minimum absolute atomic E-state index is 0.253. The Bertz CT molecular complexity index is 500. The molecule has 1 fully saturated rings. The second kappa shape index (κ2) is 5.97. The highest BCUT2D eigenvalue weighted by Crippen LogP contribution is 2.10. The highest BCUT2D eigenvalue weighted by Gasteiger charge is 2.14. The number of aryl methyl sites for hydroxylation is 1. The van der Waals surface area contributed by atoms with Gasteiger partial charge in [-0.05, 0) is 12.8 Å². The van der Waals surface area contributed by atoms with Crippen molar-refractivity contribution in [3.63, 3.8) is 0 Å². The van der Waals surface area contributed by atoms with E-state index >= 15 is 0 Å². The predicted molar refractivity (Wildman–Crippen MR) is 67.8 cm³/mol. The van der Waals surface area contributed by atoms with Crippen molar-refractivity contribution < 1.29 is 4.74 Å². The van der Waals surface area contributed by atoms with Crippen LogP contribution in [-0.4, -0.2) is 34.9 Å². The highest BCUT2D eigenvalue weighted by atomic mass is 16.5. The first-order valence-electron chi connectivity index (χ1n) is 6.27. The molecule has 2 heterocycles. The fourth-order valence-electron chi connectivity index (χ4n) is 2.08. The maximum Gasteiger partial charge on any atom is 0.330 e. The molecule has 1 aliphatic rings. The van der Waals surface area contributed by atoms with Crippen molar-refractivity contribution in [2.24, 2.45) is 7.05 Å². The van der Waals surface area contributed by atoms with E-state index < -0.39 is 0 Å². The molecule has 100 valence electrons. The first kappa shape index (κ1) is 13.0. The molecule has 0 aliphatic carbocycles. The van der Waals surface area contributed by atoms with Gasteiger partial charge in [-0.3, -0.25) is 9.36 Å². The maximum absolute atomic E-state index is 11.7. The lowest BCUT2D eigenvalue weighted by Gasteiger charge is -2.11. The van der Waals surface area contributed by atoms with Crippen molar-refractivity contribution in [1.82, 2.24) is 14.5 Å². The monoisotopic (exact) mass is 253 g/mol. The molecule has 1 atom stereocenters. The zero-order chi connectivity index (χ0) is 13.0. The van der Waals surface area contributed by atoms with Gasteiger partial charge in [-0.15, -0.1) is 0 Å². The summed E-state index contributed by atoms with van der Waals surface area (Å²) in [6.45, 7) is 2.60. The predicted octanol–water partition coefficient (Wildman–Crippen LogP) is -0.684. The van der Waals surface area contributed by atoms with E-state index in [9.17, 15) is 9.59 Å². The molecule has 6 nitrogen and oxygen atoms in total. The Morgan fingerprint density at radius 1 is 1.50 bits per heavy atom. The van der Waals surface area contributed by atoms with Crippen LogP contribution in [0.5, 0.6) is 0 Å². The lowest BCUT2D eigenvalue weighted by Crippen LogP contribution is -2.41. The number of hydrogen-bond acceptors (Lipinski definition) is 4. The van der Waals surface area contributed by atoms with Crippen LogP contribution >= 0.6 is 0 Å². The Labute approximate surface area is 105 Å². The van der Waals surface area contributed by atoms with E-state index in [-0.39, 0.29) is 17.4 Å². The Morgan fingerprint density at radius 2 is 2.33 bits per heavy atom. The first-order valence-corrected chi connectivity index (χ1v) is 6.27. The average Bonchev–Trinajstić information content (AvgIpc) is 2.86. The van der Waals surface area contributed by atoms with Crippen LogP contribution in [0.2, 0.25) is 0 Å². The van der Waals surface area contributed by atoms with Gasteiger partial charge in [0.2, 0.25) is 0 Å². The fraction of sp³-hybridized carbons (Fsp3) is 0.667. The number of ether oxygens (including phenoxy) is 1. The molecule has 1 unspecified atom stereocenters. The van der Waals surface area contributed by atoms with E-state index in [1.54, 1.807) is 7.05 Å². The molecule has 1 aliphatic heterocycles. The van der Waals surface area contributed by atoms with Crippen LogP contribution in [0.3, 0.4) is 0 Å². The largest absolute Gasteiger partial charge is 0.377 e. The minimum atomic E-state index is -0.276. The molecule has 6 heteroatoms. The van der Waals surface area contributed by atoms with Gasteiger partial charge in [0.25, 0.3) is 5.56 Å². The smallest absolute Gasteiger partial charge is 0.330 e. The normalized spacial score (nSPS) is 19.3. The van der Waals surface area contributed by atoms with Gasteiger partial charge in [-0.2, -0.15) is 0 Å². The second-order valence-corrected chi connectivity index (χ2v) is 4.54. The van der Waals surface area contributed by atoms with E-state index in [1.165, 1.54) is 21.4 Å². The van der Waals surface area contributed by atoms with Crippen LogP contribution in [0.15, 0.2) is 21.9 Å². The summed E-state index contributed by atoms with van der Waals surface area (Å²) >= 11 is 0. The molecular formula is C12H19N3O3. The summed E-state index contributed by atoms with van der Waals surface area (Å²) in [6, 6.07) is 1.40. The van der Waals surface area contributed by atoms with E-state index in [0.29, 0.717) is 13.1 Å². The summed E-state index contributed by atoms with van der Waals surface area (Å²) in [7, 11) is 1.64. The van der Waals surface area contributed by atoms with Gasteiger partial charge in [0.05, 0.1) is 6.10 Å². The van der Waals surface area contributed by atoms with Gasteiger partial charge >= 0.3 is 5.69 Å². The summed E-state index contributed by atoms with van der Waals surface area (Å²) in [5.74, 6) is 0. The summed E-state index contributed by atoms with van der Waals surface area (Å²) in [6.07, 6.45) is 3.96. The Balaban J connectivity index is 1.84. The molecule has 0 aromatic carbocycles. The molecule has 0 saturated carbocycles. The van der Waals surface area contributed by atoms with Crippen LogP contribution < -0.4 is 16.6 Å². The zero-order valence-corrected chi connectivity index (χ0v) is 10.6. The van der Waals surface area contributed by atoms with Crippen LogP contribution in [0.25, 0.3) is 0 Å². The molecule has 1 N–H and O–H groups in total. The Hall–Kier alpha value is -1.40. The van der Waals surface area contributed by atoms with Crippen molar-refractivity contribution in [1.29, 1.82) is 0 Å². The standard InChI is InChI=1S/C12H19N3O3/c1-14-6-4-11(16)15(12(14)17)7-5-13-9-10-3-2-8-18-10/h4,6,10,13H,2-3,5,7-9H2,1H3. The molecule has 0 spiro atoms. The van der Waals surface area contributed by atoms with Gasteiger partial charge < -0.3 is 14.6 Å². The number of aromatic nitrogens is 2. The number of rotatable bonds is 5. The highest BCUT2D eigenvalue weighted by molar-refractivity contribution is 4.85. The third-order valence-corrected chi connectivity index (χ3v) is 3.15. The maximum atomic E-state index is 11.7. The molecule has 18 heavy (non-hydrogen) atoms. The van der Waals surface area contributed by atoms with Gasteiger partial charge in [-0.25, -0.2) is 4.79 Å². The molecule has 0 amide bonds. The molecule has 0 radical (unpaired) electrons. The zero-order valence-electron chi connectivity index (χ0n) is 10.6. The molecule has 0 bridgehead atoms.